The molecule has 28 heavy (non-hydrogen) atoms. The van der Waals surface area contributed by atoms with Crippen molar-refractivity contribution < 1.29 is 32.3 Å². The van der Waals surface area contributed by atoms with Crippen molar-refractivity contribution in [2.24, 2.45) is 5.92 Å². The van der Waals surface area contributed by atoms with Gasteiger partial charge in [0.15, 0.2) is 0 Å². The van der Waals surface area contributed by atoms with E-state index in [-0.39, 0.29) is 18.8 Å². The first-order chi connectivity index (χ1) is 12.9. The van der Waals surface area contributed by atoms with Gasteiger partial charge in [-0.25, -0.2) is 0 Å². The lowest BCUT2D eigenvalue weighted by Gasteiger charge is -2.23. The fourth-order valence-electron chi connectivity index (χ4n) is 2.58. The molecule has 1 aromatic rings. The molecule has 1 aromatic carbocycles. The standard InChI is InChI=1S/C19H23F3N2O4/c1-11(2)9-15(23-12(3)25)18(28)24-14(10-13-7-5-4-6-8-13)16(26)17(27)19(20,21)22/h4-8,11,14-15H,9-10H2,1-3H3,(H,23,25)(H,24,28)/t14-,15-/m0/s1. The van der Waals surface area contributed by atoms with Crippen molar-refractivity contribution in [3.63, 3.8) is 0 Å². The normalized spacial score (nSPS) is 13.5. The summed E-state index contributed by atoms with van der Waals surface area (Å²) in [6.45, 7) is 4.78. The highest BCUT2D eigenvalue weighted by molar-refractivity contribution is 6.41. The van der Waals surface area contributed by atoms with E-state index in [0.29, 0.717) is 5.56 Å². The topological polar surface area (TPSA) is 92.3 Å². The Morgan fingerprint density at radius 3 is 2.00 bits per heavy atom. The van der Waals surface area contributed by atoms with Crippen LogP contribution in [0.25, 0.3) is 0 Å². The van der Waals surface area contributed by atoms with E-state index in [1.807, 2.05) is 0 Å². The molecule has 0 saturated carbocycles. The van der Waals surface area contributed by atoms with Crippen LogP contribution in [-0.2, 0) is 25.6 Å². The third-order valence-electron chi connectivity index (χ3n) is 3.80. The molecule has 0 unspecified atom stereocenters. The van der Waals surface area contributed by atoms with Crippen molar-refractivity contribution in [2.75, 3.05) is 0 Å². The van der Waals surface area contributed by atoms with Gasteiger partial charge in [-0.1, -0.05) is 44.2 Å². The predicted octanol–water partition coefficient (Wildman–Crippen LogP) is 1.97. The number of carbonyl (C=O) groups is 4. The molecule has 0 aliphatic carbocycles. The van der Waals surface area contributed by atoms with Gasteiger partial charge in [0.2, 0.25) is 17.6 Å². The summed E-state index contributed by atoms with van der Waals surface area (Å²) in [7, 11) is 0. The van der Waals surface area contributed by atoms with Crippen LogP contribution in [0.5, 0.6) is 0 Å². The van der Waals surface area contributed by atoms with Gasteiger partial charge in [0.25, 0.3) is 0 Å². The molecule has 6 nitrogen and oxygen atoms in total. The SMILES string of the molecule is CC(=O)N[C@@H](CC(C)C)C(=O)N[C@@H](Cc1ccccc1)C(=O)C(=O)C(F)(F)F. The molecule has 0 aromatic heterocycles. The lowest BCUT2D eigenvalue weighted by Crippen LogP contribution is -2.54. The third kappa shape index (κ3) is 7.50. The van der Waals surface area contributed by atoms with Crippen LogP contribution in [0.2, 0.25) is 0 Å². The van der Waals surface area contributed by atoms with Crippen molar-refractivity contribution in [3.05, 3.63) is 35.9 Å². The Balaban J connectivity index is 3.08. The number of ketones is 2. The Kier molecular flexibility index (Phi) is 8.34. The lowest BCUT2D eigenvalue weighted by atomic mass is 9.98. The number of hydrogen-bond acceptors (Lipinski definition) is 4. The molecule has 0 bridgehead atoms. The highest BCUT2D eigenvalue weighted by Crippen LogP contribution is 2.18. The third-order valence-corrected chi connectivity index (χ3v) is 3.80. The van der Waals surface area contributed by atoms with E-state index in [9.17, 15) is 32.3 Å². The zero-order valence-electron chi connectivity index (χ0n) is 15.8. The average molecular weight is 400 g/mol. The number of nitrogens with one attached hydrogen (secondary N) is 2. The van der Waals surface area contributed by atoms with Crippen LogP contribution in [0.1, 0.15) is 32.8 Å². The van der Waals surface area contributed by atoms with E-state index in [1.165, 1.54) is 6.92 Å². The highest BCUT2D eigenvalue weighted by Gasteiger charge is 2.46. The molecule has 0 radical (unpaired) electrons. The van der Waals surface area contributed by atoms with Crippen LogP contribution in [0, 0.1) is 5.92 Å². The quantitative estimate of drug-likeness (QED) is 0.620. The average Bonchev–Trinajstić information content (AvgIpc) is 2.58. The summed E-state index contributed by atoms with van der Waals surface area (Å²) >= 11 is 0. The Morgan fingerprint density at radius 2 is 1.54 bits per heavy atom. The van der Waals surface area contributed by atoms with E-state index < -0.39 is 41.6 Å². The molecule has 9 heteroatoms. The fraction of sp³-hybridized carbons (Fsp3) is 0.474. The van der Waals surface area contributed by atoms with Crippen LogP contribution in [0.4, 0.5) is 13.2 Å². The first-order valence-electron chi connectivity index (χ1n) is 8.68. The van der Waals surface area contributed by atoms with Gasteiger partial charge in [0.05, 0.1) is 6.04 Å². The highest BCUT2D eigenvalue weighted by atomic mass is 19.4. The molecule has 0 aliphatic rings. The summed E-state index contributed by atoms with van der Waals surface area (Å²) in [4.78, 5) is 47.4. The van der Waals surface area contributed by atoms with Crippen LogP contribution in [0.15, 0.2) is 30.3 Å². The second-order valence-electron chi connectivity index (χ2n) is 6.82. The molecule has 0 fully saturated rings. The Morgan fingerprint density at radius 1 is 0.964 bits per heavy atom. The van der Waals surface area contributed by atoms with Crippen LogP contribution in [0.3, 0.4) is 0 Å². The molecule has 2 atom stereocenters. The minimum Gasteiger partial charge on any atom is -0.345 e. The van der Waals surface area contributed by atoms with Crippen LogP contribution >= 0.6 is 0 Å². The summed E-state index contributed by atoms with van der Waals surface area (Å²) in [6.07, 6.45) is -5.42. The Bertz CT molecular complexity index is 718. The first-order valence-corrected chi connectivity index (χ1v) is 8.68. The summed E-state index contributed by atoms with van der Waals surface area (Å²) in [5.41, 5.74) is 0.469. The van der Waals surface area contributed by atoms with E-state index >= 15 is 0 Å². The van der Waals surface area contributed by atoms with Crippen molar-refractivity contribution in [1.29, 1.82) is 0 Å². The van der Waals surface area contributed by atoms with Crippen molar-refractivity contribution in [1.82, 2.24) is 10.6 Å². The largest absolute Gasteiger partial charge is 0.458 e. The fourth-order valence-corrected chi connectivity index (χ4v) is 2.58. The maximum absolute atomic E-state index is 12.7. The molecule has 0 spiro atoms. The van der Waals surface area contributed by atoms with Gasteiger partial charge in [0.1, 0.15) is 6.04 Å². The summed E-state index contributed by atoms with van der Waals surface area (Å²) < 4.78 is 38.1. The maximum Gasteiger partial charge on any atom is 0.458 e. The number of alkyl halides is 3. The van der Waals surface area contributed by atoms with E-state index in [0.717, 1.165) is 0 Å². The molecule has 2 N–H and O–H groups in total. The number of Topliss-reactive ketones (excluding diaryl/α,β-unsaturated/α-hetero) is 2. The summed E-state index contributed by atoms with van der Waals surface area (Å²) in [6, 6.07) is 5.28. The molecular formula is C19H23F3N2O4. The molecular weight excluding hydrogens is 377 g/mol. The predicted molar refractivity (Wildman–Crippen MR) is 95.2 cm³/mol. The number of rotatable bonds is 9. The molecule has 154 valence electrons. The van der Waals surface area contributed by atoms with E-state index in [4.69, 9.17) is 0 Å². The van der Waals surface area contributed by atoms with Gasteiger partial charge < -0.3 is 10.6 Å². The zero-order valence-corrected chi connectivity index (χ0v) is 15.8. The number of halogens is 3. The molecule has 2 amide bonds. The molecule has 1 rings (SSSR count). The summed E-state index contributed by atoms with van der Waals surface area (Å²) in [5, 5.41) is 4.61. The number of hydrogen-bond donors (Lipinski definition) is 2. The van der Waals surface area contributed by atoms with Crippen LogP contribution < -0.4 is 10.6 Å². The van der Waals surface area contributed by atoms with Gasteiger partial charge in [0, 0.05) is 13.3 Å². The minimum absolute atomic E-state index is 0.0114. The zero-order chi connectivity index (χ0) is 21.5. The second kappa shape index (κ2) is 10.0. The Labute approximate surface area is 160 Å². The van der Waals surface area contributed by atoms with Gasteiger partial charge in [-0.2, -0.15) is 13.2 Å². The van der Waals surface area contributed by atoms with Crippen molar-refractivity contribution in [3.8, 4) is 0 Å². The summed E-state index contributed by atoms with van der Waals surface area (Å²) in [5.74, 6) is -5.63. The van der Waals surface area contributed by atoms with Gasteiger partial charge in [-0.05, 0) is 17.9 Å². The van der Waals surface area contributed by atoms with Gasteiger partial charge in [-0.15, -0.1) is 0 Å². The van der Waals surface area contributed by atoms with Crippen molar-refractivity contribution in [2.45, 2.75) is 51.9 Å². The Hall–Kier alpha value is -2.71. The minimum atomic E-state index is -5.34. The van der Waals surface area contributed by atoms with Gasteiger partial charge >= 0.3 is 12.0 Å². The molecule has 0 saturated heterocycles. The number of amides is 2. The number of carbonyl (C=O) groups excluding carboxylic acids is 4. The lowest BCUT2D eigenvalue weighted by molar-refractivity contribution is -0.175. The smallest absolute Gasteiger partial charge is 0.345 e. The van der Waals surface area contributed by atoms with E-state index in [2.05, 4.69) is 10.6 Å². The monoisotopic (exact) mass is 400 g/mol. The molecule has 0 heterocycles. The van der Waals surface area contributed by atoms with Gasteiger partial charge in [-0.3, -0.25) is 19.2 Å². The molecule has 0 aliphatic heterocycles. The van der Waals surface area contributed by atoms with E-state index in [1.54, 1.807) is 44.2 Å². The van der Waals surface area contributed by atoms with Crippen LogP contribution in [-0.4, -0.2) is 41.6 Å². The second-order valence-corrected chi connectivity index (χ2v) is 6.82. The number of benzene rings is 1. The van der Waals surface area contributed by atoms with Crippen molar-refractivity contribution >= 4 is 23.4 Å². The maximum atomic E-state index is 12.7. The first kappa shape index (κ1) is 23.3.